The van der Waals surface area contributed by atoms with Gasteiger partial charge >= 0.3 is 0 Å². The van der Waals surface area contributed by atoms with E-state index in [9.17, 15) is 4.79 Å². The molecule has 7 nitrogen and oxygen atoms in total. The van der Waals surface area contributed by atoms with Crippen molar-refractivity contribution in [1.29, 1.82) is 0 Å². The molecule has 3 rings (SSSR count). The number of anilines is 1. The molecule has 0 radical (unpaired) electrons. The monoisotopic (exact) mass is 339 g/mol. The molecule has 0 aliphatic rings. The molecule has 0 fully saturated rings. The first-order valence-electron chi connectivity index (χ1n) is 7.65. The highest BCUT2D eigenvalue weighted by Crippen LogP contribution is 2.27. The van der Waals surface area contributed by atoms with E-state index in [2.05, 4.69) is 15.5 Å². The van der Waals surface area contributed by atoms with E-state index in [1.807, 2.05) is 12.1 Å². The zero-order valence-corrected chi connectivity index (χ0v) is 13.8. The molecule has 3 aromatic rings. The SMILES string of the molecule is COc1ccccc1O[C@@H](C)C(=O)Nc1cc(-c2cccnc2)no1. The maximum atomic E-state index is 12.3. The molecule has 0 spiro atoms. The summed E-state index contributed by atoms with van der Waals surface area (Å²) in [5.41, 5.74) is 1.38. The van der Waals surface area contributed by atoms with Crippen LogP contribution in [0.2, 0.25) is 0 Å². The van der Waals surface area contributed by atoms with Crippen molar-refractivity contribution in [2.24, 2.45) is 0 Å². The molecule has 7 heteroatoms. The van der Waals surface area contributed by atoms with E-state index in [1.54, 1.807) is 56.8 Å². The second-order valence-electron chi connectivity index (χ2n) is 5.22. The first-order valence-corrected chi connectivity index (χ1v) is 7.65. The van der Waals surface area contributed by atoms with Gasteiger partial charge in [-0.3, -0.25) is 15.1 Å². The van der Waals surface area contributed by atoms with Crippen LogP contribution in [-0.4, -0.2) is 29.3 Å². The number of hydrogen-bond acceptors (Lipinski definition) is 6. The second-order valence-corrected chi connectivity index (χ2v) is 5.22. The highest BCUT2D eigenvalue weighted by Gasteiger charge is 2.19. The van der Waals surface area contributed by atoms with Gasteiger partial charge in [0.15, 0.2) is 17.6 Å². The molecular weight excluding hydrogens is 322 g/mol. The minimum Gasteiger partial charge on any atom is -0.493 e. The highest BCUT2D eigenvalue weighted by molar-refractivity contribution is 5.93. The number of amides is 1. The lowest BCUT2D eigenvalue weighted by atomic mass is 10.2. The predicted molar refractivity (Wildman–Crippen MR) is 91.4 cm³/mol. The average molecular weight is 339 g/mol. The Hall–Kier alpha value is -3.35. The van der Waals surface area contributed by atoms with Crippen LogP contribution < -0.4 is 14.8 Å². The number of hydrogen-bond donors (Lipinski definition) is 1. The molecule has 0 saturated heterocycles. The van der Waals surface area contributed by atoms with Crippen LogP contribution in [0.5, 0.6) is 11.5 Å². The van der Waals surface area contributed by atoms with Gasteiger partial charge in [-0.15, -0.1) is 0 Å². The van der Waals surface area contributed by atoms with Crippen molar-refractivity contribution in [3.63, 3.8) is 0 Å². The van der Waals surface area contributed by atoms with E-state index >= 15 is 0 Å². The fourth-order valence-electron chi connectivity index (χ4n) is 2.17. The van der Waals surface area contributed by atoms with Gasteiger partial charge in [-0.05, 0) is 31.2 Å². The molecular formula is C18H17N3O4. The lowest BCUT2D eigenvalue weighted by Crippen LogP contribution is -2.30. The number of para-hydroxylation sites is 2. The molecule has 2 aromatic heterocycles. The molecule has 0 aliphatic heterocycles. The Kier molecular flexibility index (Phi) is 4.94. The first-order chi connectivity index (χ1) is 12.2. The summed E-state index contributed by atoms with van der Waals surface area (Å²) in [5.74, 6) is 0.918. The van der Waals surface area contributed by atoms with Gasteiger partial charge in [0.25, 0.3) is 5.91 Å². The summed E-state index contributed by atoms with van der Waals surface area (Å²) < 4.78 is 16.0. The van der Waals surface area contributed by atoms with E-state index in [1.165, 1.54) is 0 Å². The minimum atomic E-state index is -0.747. The molecule has 1 amide bonds. The van der Waals surface area contributed by atoms with E-state index in [0.29, 0.717) is 17.2 Å². The molecule has 0 aliphatic carbocycles. The number of nitrogens with zero attached hydrogens (tertiary/aromatic N) is 2. The average Bonchev–Trinajstić information content (AvgIpc) is 3.11. The maximum absolute atomic E-state index is 12.3. The Balaban J connectivity index is 1.65. The van der Waals surface area contributed by atoms with E-state index in [0.717, 1.165) is 5.56 Å². The lowest BCUT2D eigenvalue weighted by Gasteiger charge is -2.15. The standard InChI is InChI=1S/C18H17N3O4/c1-12(24-16-8-4-3-7-15(16)23-2)18(22)20-17-10-14(21-25-17)13-6-5-9-19-11-13/h3-12H,1-2H3,(H,20,22)/t12-/m0/s1. The zero-order valence-electron chi connectivity index (χ0n) is 13.8. The number of rotatable bonds is 6. The van der Waals surface area contributed by atoms with Crippen molar-refractivity contribution >= 4 is 11.8 Å². The topological polar surface area (TPSA) is 86.5 Å². The highest BCUT2D eigenvalue weighted by atomic mass is 16.5. The van der Waals surface area contributed by atoms with Crippen LogP contribution in [0.25, 0.3) is 11.3 Å². The van der Waals surface area contributed by atoms with Crippen molar-refractivity contribution in [3.8, 4) is 22.8 Å². The Morgan fingerprint density at radius 3 is 2.72 bits per heavy atom. The van der Waals surface area contributed by atoms with E-state index in [4.69, 9.17) is 14.0 Å². The van der Waals surface area contributed by atoms with Gasteiger partial charge < -0.3 is 14.0 Å². The molecule has 1 N–H and O–H groups in total. The summed E-state index contributed by atoms with van der Waals surface area (Å²) in [6.07, 6.45) is 2.59. The molecule has 0 saturated carbocycles. The van der Waals surface area contributed by atoms with Gasteiger partial charge in [0.2, 0.25) is 5.88 Å². The van der Waals surface area contributed by atoms with E-state index in [-0.39, 0.29) is 11.8 Å². The Labute approximate surface area is 144 Å². The summed E-state index contributed by atoms with van der Waals surface area (Å²) in [7, 11) is 1.54. The number of ether oxygens (including phenoxy) is 2. The smallest absolute Gasteiger partial charge is 0.267 e. The van der Waals surface area contributed by atoms with Crippen molar-refractivity contribution in [2.75, 3.05) is 12.4 Å². The predicted octanol–water partition coefficient (Wildman–Crippen LogP) is 3.15. The third-order valence-corrected chi connectivity index (χ3v) is 3.46. The molecule has 0 bridgehead atoms. The summed E-state index contributed by atoms with van der Waals surface area (Å²) in [6, 6.07) is 12.4. The molecule has 1 aromatic carbocycles. The van der Waals surface area contributed by atoms with Crippen molar-refractivity contribution in [3.05, 3.63) is 54.9 Å². The van der Waals surface area contributed by atoms with Crippen LogP contribution in [0.1, 0.15) is 6.92 Å². The number of aromatic nitrogens is 2. The molecule has 2 heterocycles. The van der Waals surface area contributed by atoms with Crippen molar-refractivity contribution in [2.45, 2.75) is 13.0 Å². The molecule has 0 unspecified atom stereocenters. The van der Waals surface area contributed by atoms with Crippen LogP contribution in [0.3, 0.4) is 0 Å². The van der Waals surface area contributed by atoms with Crippen molar-refractivity contribution in [1.82, 2.24) is 10.1 Å². The van der Waals surface area contributed by atoms with E-state index < -0.39 is 6.10 Å². The van der Waals surface area contributed by atoms with Crippen LogP contribution in [0, 0.1) is 0 Å². The third-order valence-electron chi connectivity index (χ3n) is 3.46. The van der Waals surface area contributed by atoms with Gasteiger partial charge in [-0.1, -0.05) is 17.3 Å². The second kappa shape index (κ2) is 7.48. The Morgan fingerprint density at radius 2 is 2.00 bits per heavy atom. The zero-order chi connectivity index (χ0) is 17.6. The van der Waals surface area contributed by atoms with Gasteiger partial charge in [-0.25, -0.2) is 0 Å². The normalized spacial score (nSPS) is 11.6. The molecule has 1 atom stereocenters. The number of benzene rings is 1. The summed E-state index contributed by atoms with van der Waals surface area (Å²) in [4.78, 5) is 16.3. The quantitative estimate of drug-likeness (QED) is 0.742. The first kappa shape index (κ1) is 16.5. The van der Waals surface area contributed by atoms with Gasteiger partial charge in [-0.2, -0.15) is 0 Å². The summed E-state index contributed by atoms with van der Waals surface area (Å²) in [5, 5.41) is 6.55. The number of carbonyl (C=O) groups is 1. The minimum absolute atomic E-state index is 0.235. The number of carbonyl (C=O) groups excluding carboxylic acids is 1. The Morgan fingerprint density at radius 1 is 1.20 bits per heavy atom. The van der Waals surface area contributed by atoms with Crippen molar-refractivity contribution < 1.29 is 18.8 Å². The Bertz CT molecular complexity index is 848. The van der Waals surface area contributed by atoms with Gasteiger partial charge in [0.1, 0.15) is 5.69 Å². The lowest BCUT2D eigenvalue weighted by molar-refractivity contribution is -0.122. The largest absolute Gasteiger partial charge is 0.493 e. The number of methoxy groups -OCH3 is 1. The number of nitrogens with one attached hydrogen (secondary N) is 1. The van der Waals surface area contributed by atoms with Crippen LogP contribution >= 0.6 is 0 Å². The van der Waals surface area contributed by atoms with Gasteiger partial charge in [0, 0.05) is 24.0 Å². The fourth-order valence-corrected chi connectivity index (χ4v) is 2.17. The number of pyridine rings is 1. The molecule has 25 heavy (non-hydrogen) atoms. The fraction of sp³-hybridized carbons (Fsp3) is 0.167. The van der Waals surface area contributed by atoms with Crippen LogP contribution in [0.4, 0.5) is 5.88 Å². The summed E-state index contributed by atoms with van der Waals surface area (Å²) in [6.45, 7) is 1.64. The third kappa shape index (κ3) is 3.95. The maximum Gasteiger partial charge on any atom is 0.267 e. The van der Waals surface area contributed by atoms with Gasteiger partial charge in [0.05, 0.1) is 7.11 Å². The molecule has 128 valence electrons. The van der Waals surface area contributed by atoms with Crippen LogP contribution in [-0.2, 0) is 4.79 Å². The summed E-state index contributed by atoms with van der Waals surface area (Å²) >= 11 is 0. The van der Waals surface area contributed by atoms with Crippen LogP contribution in [0.15, 0.2) is 59.4 Å².